The zero-order valence-corrected chi connectivity index (χ0v) is 13.0. The van der Waals surface area contributed by atoms with Crippen LogP contribution in [0.3, 0.4) is 0 Å². The van der Waals surface area contributed by atoms with E-state index in [2.05, 4.69) is 0 Å². The maximum absolute atomic E-state index is 11.6. The first-order chi connectivity index (χ1) is 9.86. The number of aryl methyl sites for hydroxylation is 1. The molecule has 116 valence electrons. The standard InChI is InChI=1S/C16H25N3O2/c1-10(2)15(18)14(16(19)20)9-12-4-5-13(8-11(12)3)21-7-6-17/h4-5,8,10H,6-7,9,17-18H2,1-3H3,(H2,19,20)/b15-14-. The number of amides is 1. The molecule has 0 aromatic heterocycles. The van der Waals surface area contributed by atoms with E-state index in [-0.39, 0.29) is 5.92 Å². The molecule has 0 aliphatic heterocycles. The van der Waals surface area contributed by atoms with E-state index in [0.717, 1.165) is 16.9 Å². The summed E-state index contributed by atoms with van der Waals surface area (Å²) in [5, 5.41) is 0. The van der Waals surface area contributed by atoms with E-state index >= 15 is 0 Å². The van der Waals surface area contributed by atoms with Gasteiger partial charge in [0.05, 0.1) is 0 Å². The Morgan fingerprint density at radius 3 is 2.43 bits per heavy atom. The minimum Gasteiger partial charge on any atom is -0.492 e. The van der Waals surface area contributed by atoms with Crippen molar-refractivity contribution in [3.8, 4) is 5.75 Å². The maximum Gasteiger partial charge on any atom is 0.246 e. The van der Waals surface area contributed by atoms with Gasteiger partial charge in [-0.25, -0.2) is 0 Å². The predicted molar refractivity (Wildman–Crippen MR) is 84.7 cm³/mol. The lowest BCUT2D eigenvalue weighted by Gasteiger charge is -2.14. The van der Waals surface area contributed by atoms with Gasteiger partial charge in [-0.3, -0.25) is 4.79 Å². The molecule has 0 fully saturated rings. The van der Waals surface area contributed by atoms with Gasteiger partial charge in [-0.05, 0) is 36.1 Å². The van der Waals surface area contributed by atoms with Crippen LogP contribution in [0, 0.1) is 12.8 Å². The third-order valence-corrected chi connectivity index (χ3v) is 3.34. The number of primary amides is 1. The molecule has 21 heavy (non-hydrogen) atoms. The van der Waals surface area contributed by atoms with Gasteiger partial charge >= 0.3 is 0 Å². The van der Waals surface area contributed by atoms with Crippen LogP contribution in [-0.2, 0) is 11.2 Å². The van der Waals surface area contributed by atoms with E-state index in [0.29, 0.717) is 30.8 Å². The lowest BCUT2D eigenvalue weighted by Crippen LogP contribution is -2.23. The van der Waals surface area contributed by atoms with E-state index in [1.54, 1.807) is 0 Å². The van der Waals surface area contributed by atoms with Crippen LogP contribution in [-0.4, -0.2) is 19.1 Å². The highest BCUT2D eigenvalue weighted by Crippen LogP contribution is 2.21. The van der Waals surface area contributed by atoms with Crippen LogP contribution in [0.4, 0.5) is 0 Å². The van der Waals surface area contributed by atoms with Crippen molar-refractivity contribution in [2.24, 2.45) is 23.1 Å². The van der Waals surface area contributed by atoms with Gasteiger partial charge in [0.25, 0.3) is 0 Å². The van der Waals surface area contributed by atoms with Crippen molar-refractivity contribution in [3.05, 3.63) is 40.6 Å². The fourth-order valence-corrected chi connectivity index (χ4v) is 2.00. The van der Waals surface area contributed by atoms with Gasteiger partial charge in [-0.15, -0.1) is 0 Å². The first-order valence-electron chi connectivity index (χ1n) is 7.07. The van der Waals surface area contributed by atoms with Crippen molar-refractivity contribution < 1.29 is 9.53 Å². The summed E-state index contributed by atoms with van der Waals surface area (Å²) in [5.41, 5.74) is 19.9. The summed E-state index contributed by atoms with van der Waals surface area (Å²) in [6.07, 6.45) is 0.433. The summed E-state index contributed by atoms with van der Waals surface area (Å²) >= 11 is 0. The lowest BCUT2D eigenvalue weighted by molar-refractivity contribution is -0.114. The molecule has 0 spiro atoms. The lowest BCUT2D eigenvalue weighted by atomic mass is 9.95. The number of carbonyl (C=O) groups is 1. The van der Waals surface area contributed by atoms with Crippen LogP contribution in [0.2, 0.25) is 0 Å². The zero-order valence-electron chi connectivity index (χ0n) is 13.0. The summed E-state index contributed by atoms with van der Waals surface area (Å²) in [7, 11) is 0. The summed E-state index contributed by atoms with van der Waals surface area (Å²) in [6, 6.07) is 5.72. The normalized spacial score (nSPS) is 12.2. The highest BCUT2D eigenvalue weighted by Gasteiger charge is 2.15. The highest BCUT2D eigenvalue weighted by molar-refractivity contribution is 5.93. The average Bonchev–Trinajstić information content (AvgIpc) is 2.42. The molecule has 1 aromatic carbocycles. The highest BCUT2D eigenvalue weighted by atomic mass is 16.5. The van der Waals surface area contributed by atoms with Gasteiger partial charge in [0, 0.05) is 24.2 Å². The van der Waals surface area contributed by atoms with E-state index < -0.39 is 5.91 Å². The molecule has 0 bridgehead atoms. The van der Waals surface area contributed by atoms with Gasteiger partial charge in [-0.1, -0.05) is 19.9 Å². The molecule has 0 aliphatic carbocycles. The van der Waals surface area contributed by atoms with Crippen LogP contribution in [0.1, 0.15) is 25.0 Å². The summed E-state index contributed by atoms with van der Waals surface area (Å²) in [6.45, 7) is 6.80. The second-order valence-electron chi connectivity index (χ2n) is 5.36. The van der Waals surface area contributed by atoms with Crippen LogP contribution < -0.4 is 21.9 Å². The maximum atomic E-state index is 11.6. The Hall–Kier alpha value is -2.01. The zero-order chi connectivity index (χ0) is 16.0. The Morgan fingerprint density at radius 2 is 1.95 bits per heavy atom. The molecule has 0 atom stereocenters. The van der Waals surface area contributed by atoms with Crippen LogP contribution in [0.25, 0.3) is 0 Å². The Balaban J connectivity index is 3.01. The fraction of sp³-hybridized carbons (Fsp3) is 0.438. The molecule has 0 radical (unpaired) electrons. The monoisotopic (exact) mass is 291 g/mol. The van der Waals surface area contributed by atoms with Crippen LogP contribution in [0.5, 0.6) is 5.75 Å². The molecule has 0 unspecified atom stereocenters. The molecule has 0 saturated heterocycles. The van der Waals surface area contributed by atoms with Gasteiger partial charge in [0.2, 0.25) is 5.91 Å². The van der Waals surface area contributed by atoms with Crippen LogP contribution in [0.15, 0.2) is 29.5 Å². The third kappa shape index (κ3) is 4.79. The number of benzene rings is 1. The van der Waals surface area contributed by atoms with Crippen molar-refractivity contribution >= 4 is 5.91 Å². The van der Waals surface area contributed by atoms with Crippen molar-refractivity contribution in [1.29, 1.82) is 0 Å². The Bertz CT molecular complexity index is 536. The minimum atomic E-state index is -0.468. The largest absolute Gasteiger partial charge is 0.492 e. The average molecular weight is 291 g/mol. The number of allylic oxidation sites excluding steroid dienone is 1. The second-order valence-corrected chi connectivity index (χ2v) is 5.36. The SMILES string of the molecule is Cc1cc(OCCN)ccc1C/C(C(N)=O)=C(/N)C(C)C. The molecule has 5 heteroatoms. The van der Waals surface area contributed by atoms with Crippen molar-refractivity contribution in [2.75, 3.05) is 13.2 Å². The topological polar surface area (TPSA) is 104 Å². The summed E-state index contributed by atoms with van der Waals surface area (Å²) in [4.78, 5) is 11.6. The summed E-state index contributed by atoms with van der Waals surface area (Å²) in [5.74, 6) is 0.382. The van der Waals surface area contributed by atoms with Gasteiger partial charge < -0.3 is 21.9 Å². The van der Waals surface area contributed by atoms with E-state index in [9.17, 15) is 4.79 Å². The van der Waals surface area contributed by atoms with E-state index in [4.69, 9.17) is 21.9 Å². The Labute approximate surface area is 126 Å². The smallest absolute Gasteiger partial charge is 0.246 e. The Kier molecular flexibility index (Phi) is 6.24. The molecule has 1 rings (SSSR count). The predicted octanol–water partition coefficient (Wildman–Crippen LogP) is 1.23. The van der Waals surface area contributed by atoms with E-state index in [1.165, 1.54) is 0 Å². The van der Waals surface area contributed by atoms with Gasteiger partial charge in [-0.2, -0.15) is 0 Å². The first kappa shape index (κ1) is 17.0. The molecule has 0 aliphatic rings. The van der Waals surface area contributed by atoms with Crippen molar-refractivity contribution in [3.63, 3.8) is 0 Å². The molecule has 6 N–H and O–H groups in total. The minimum absolute atomic E-state index is 0.0833. The Morgan fingerprint density at radius 1 is 1.29 bits per heavy atom. The quantitative estimate of drug-likeness (QED) is 0.657. The summed E-state index contributed by atoms with van der Waals surface area (Å²) < 4.78 is 5.48. The van der Waals surface area contributed by atoms with E-state index in [1.807, 2.05) is 39.0 Å². The van der Waals surface area contributed by atoms with Gasteiger partial charge in [0.15, 0.2) is 0 Å². The fourth-order valence-electron chi connectivity index (χ4n) is 2.00. The van der Waals surface area contributed by atoms with Crippen molar-refractivity contribution in [2.45, 2.75) is 27.2 Å². The molecule has 1 amide bonds. The number of hydrogen-bond donors (Lipinski definition) is 3. The number of rotatable bonds is 7. The number of ether oxygens (including phenoxy) is 1. The van der Waals surface area contributed by atoms with Crippen molar-refractivity contribution in [1.82, 2.24) is 0 Å². The number of hydrogen-bond acceptors (Lipinski definition) is 4. The number of nitrogens with two attached hydrogens (primary N) is 3. The molecule has 5 nitrogen and oxygen atoms in total. The third-order valence-electron chi connectivity index (χ3n) is 3.34. The second kappa shape index (κ2) is 7.69. The molecular weight excluding hydrogens is 266 g/mol. The van der Waals surface area contributed by atoms with Gasteiger partial charge in [0.1, 0.15) is 12.4 Å². The molecule has 0 saturated carbocycles. The van der Waals surface area contributed by atoms with Crippen LogP contribution >= 0.6 is 0 Å². The number of carbonyl (C=O) groups excluding carboxylic acids is 1. The molecule has 1 aromatic rings. The molecule has 0 heterocycles. The molecular formula is C16H25N3O2. The first-order valence-corrected chi connectivity index (χ1v) is 7.07.